The van der Waals surface area contributed by atoms with E-state index in [0.29, 0.717) is 17.1 Å². The lowest BCUT2D eigenvalue weighted by Gasteiger charge is -2.22. The fourth-order valence-corrected chi connectivity index (χ4v) is 2.57. The number of benzene rings is 2. The average Bonchev–Trinajstić information content (AvgIpc) is 2.66. The van der Waals surface area contributed by atoms with Gasteiger partial charge in [-0.15, -0.1) is 0 Å². The zero-order valence-electron chi connectivity index (χ0n) is 15.4. The van der Waals surface area contributed by atoms with E-state index in [2.05, 4.69) is 0 Å². The predicted molar refractivity (Wildman–Crippen MR) is 99.3 cm³/mol. The van der Waals surface area contributed by atoms with Crippen molar-refractivity contribution in [2.45, 2.75) is 13.0 Å². The van der Waals surface area contributed by atoms with Gasteiger partial charge in [-0.2, -0.15) is 0 Å². The second-order valence-electron chi connectivity index (χ2n) is 6.03. The van der Waals surface area contributed by atoms with Gasteiger partial charge in [-0.25, -0.2) is 0 Å². The van der Waals surface area contributed by atoms with E-state index in [9.17, 15) is 20.0 Å². The maximum absolute atomic E-state index is 12.6. The highest BCUT2D eigenvalue weighted by atomic mass is 16.6. The molecule has 0 aromatic heterocycles. The van der Waals surface area contributed by atoms with Crippen LogP contribution in [0.1, 0.15) is 15.9 Å². The van der Waals surface area contributed by atoms with Crippen molar-refractivity contribution in [1.82, 2.24) is 4.90 Å². The van der Waals surface area contributed by atoms with E-state index in [1.165, 1.54) is 37.1 Å². The summed E-state index contributed by atoms with van der Waals surface area (Å²) in [5.41, 5.74) is 0.413. The van der Waals surface area contributed by atoms with Crippen LogP contribution >= 0.6 is 0 Å². The molecule has 0 bridgehead atoms. The maximum Gasteiger partial charge on any atom is 0.273 e. The summed E-state index contributed by atoms with van der Waals surface area (Å²) in [7, 11) is 3.09. The van der Waals surface area contributed by atoms with Crippen LogP contribution in [-0.4, -0.2) is 54.3 Å². The van der Waals surface area contributed by atoms with Crippen molar-refractivity contribution in [3.8, 4) is 11.5 Å². The number of hydrogen-bond donors (Lipinski definition) is 1. The summed E-state index contributed by atoms with van der Waals surface area (Å²) >= 11 is 0. The fraction of sp³-hybridized carbons (Fsp3) is 0.316. The molecule has 0 radical (unpaired) electrons. The first kappa shape index (κ1) is 20.2. The lowest BCUT2D eigenvalue weighted by atomic mass is 10.1. The van der Waals surface area contributed by atoms with Gasteiger partial charge in [0.1, 0.15) is 24.2 Å². The molecule has 2 rings (SSSR count). The van der Waals surface area contributed by atoms with Crippen molar-refractivity contribution >= 4 is 11.6 Å². The number of aliphatic hydroxyl groups excluding tert-OH is 1. The number of aliphatic hydroxyl groups is 1. The number of ether oxygens (including phenoxy) is 2. The summed E-state index contributed by atoms with van der Waals surface area (Å²) in [6, 6.07) is 11.3. The molecule has 2 aromatic carbocycles. The molecule has 0 unspecified atom stereocenters. The number of nitro groups is 1. The first-order valence-electron chi connectivity index (χ1n) is 8.28. The van der Waals surface area contributed by atoms with Gasteiger partial charge in [-0.05, 0) is 37.3 Å². The molecule has 27 heavy (non-hydrogen) atoms. The monoisotopic (exact) mass is 374 g/mol. The lowest BCUT2D eigenvalue weighted by Crippen LogP contribution is -2.37. The Morgan fingerprint density at radius 3 is 2.44 bits per heavy atom. The Balaban J connectivity index is 1.95. The number of likely N-dealkylation sites (N-methyl/N-ethyl adjacent to an activating group) is 1. The van der Waals surface area contributed by atoms with Crippen LogP contribution in [-0.2, 0) is 0 Å². The molecule has 0 spiro atoms. The van der Waals surface area contributed by atoms with Crippen LogP contribution in [0.5, 0.6) is 11.5 Å². The minimum atomic E-state index is -0.917. The molecular weight excluding hydrogens is 352 g/mol. The normalized spacial score (nSPS) is 11.6. The molecule has 8 nitrogen and oxygen atoms in total. The number of carbonyl (C=O) groups is 1. The zero-order chi connectivity index (χ0) is 20.0. The van der Waals surface area contributed by atoms with Gasteiger partial charge in [0.05, 0.1) is 12.0 Å². The van der Waals surface area contributed by atoms with E-state index in [0.717, 1.165) is 0 Å². The highest BCUT2D eigenvalue weighted by Crippen LogP contribution is 2.22. The first-order valence-corrected chi connectivity index (χ1v) is 8.28. The second-order valence-corrected chi connectivity index (χ2v) is 6.03. The van der Waals surface area contributed by atoms with Gasteiger partial charge in [-0.1, -0.05) is 6.07 Å². The molecule has 8 heteroatoms. The van der Waals surface area contributed by atoms with E-state index in [4.69, 9.17) is 9.47 Å². The van der Waals surface area contributed by atoms with E-state index < -0.39 is 16.9 Å². The molecule has 144 valence electrons. The van der Waals surface area contributed by atoms with Crippen LogP contribution in [0.3, 0.4) is 0 Å². The predicted octanol–water partition coefficient (Wildman–Crippen LogP) is 2.42. The lowest BCUT2D eigenvalue weighted by molar-refractivity contribution is -0.385. The Labute approximate surface area is 157 Å². The molecule has 1 N–H and O–H groups in total. The van der Waals surface area contributed by atoms with Gasteiger partial charge >= 0.3 is 0 Å². The van der Waals surface area contributed by atoms with Gasteiger partial charge < -0.3 is 19.5 Å². The van der Waals surface area contributed by atoms with E-state index >= 15 is 0 Å². The number of hydrogen-bond acceptors (Lipinski definition) is 6. The molecular formula is C19H22N2O6. The van der Waals surface area contributed by atoms with E-state index in [1.54, 1.807) is 31.4 Å². The quantitative estimate of drug-likeness (QED) is 0.562. The van der Waals surface area contributed by atoms with Crippen molar-refractivity contribution < 1.29 is 24.3 Å². The Morgan fingerprint density at radius 2 is 1.85 bits per heavy atom. The molecule has 0 aliphatic carbocycles. The highest BCUT2D eigenvalue weighted by molar-refractivity contribution is 5.96. The van der Waals surface area contributed by atoms with Crippen LogP contribution in [0.2, 0.25) is 0 Å². The standard InChI is InChI=1S/C19H22N2O6/c1-13-17(5-4-6-18(13)21(24)25)19(23)20(2)11-14(22)12-27-16-9-7-15(26-3)8-10-16/h4-10,14,22H,11-12H2,1-3H3/t14-/m0/s1. The van der Waals surface area contributed by atoms with Crippen molar-refractivity contribution in [2.24, 2.45) is 0 Å². The van der Waals surface area contributed by atoms with Gasteiger partial charge in [0.2, 0.25) is 0 Å². The molecule has 0 saturated carbocycles. The highest BCUT2D eigenvalue weighted by Gasteiger charge is 2.22. The topological polar surface area (TPSA) is 102 Å². The SMILES string of the molecule is COc1ccc(OC[C@@H](O)CN(C)C(=O)c2cccc([N+](=O)[O-])c2C)cc1. The smallest absolute Gasteiger partial charge is 0.273 e. The van der Waals surface area contributed by atoms with Gasteiger partial charge in [-0.3, -0.25) is 14.9 Å². The summed E-state index contributed by atoms with van der Waals surface area (Å²) in [5, 5.41) is 21.2. The molecule has 0 heterocycles. The third kappa shape index (κ3) is 5.18. The number of nitrogens with zero attached hydrogens (tertiary/aromatic N) is 2. The number of methoxy groups -OCH3 is 1. The summed E-state index contributed by atoms with van der Waals surface area (Å²) in [6.07, 6.45) is -0.917. The molecule has 0 aliphatic heterocycles. The third-order valence-electron chi connectivity index (χ3n) is 4.07. The van der Waals surface area contributed by atoms with Gasteiger partial charge in [0, 0.05) is 30.8 Å². The minimum absolute atomic E-state index is 0.00211. The number of rotatable bonds is 8. The van der Waals surface area contributed by atoms with Crippen LogP contribution in [0.4, 0.5) is 5.69 Å². The first-order chi connectivity index (χ1) is 12.8. The zero-order valence-corrected chi connectivity index (χ0v) is 15.4. The van der Waals surface area contributed by atoms with Crippen LogP contribution in [0.25, 0.3) is 0 Å². The summed E-state index contributed by atoms with van der Waals surface area (Å²) in [6.45, 7) is 1.55. The largest absolute Gasteiger partial charge is 0.497 e. The average molecular weight is 374 g/mol. The van der Waals surface area contributed by atoms with Crippen LogP contribution in [0.15, 0.2) is 42.5 Å². The van der Waals surface area contributed by atoms with Crippen LogP contribution < -0.4 is 9.47 Å². The molecule has 2 aromatic rings. The maximum atomic E-state index is 12.6. The van der Waals surface area contributed by atoms with Crippen molar-refractivity contribution in [2.75, 3.05) is 27.3 Å². The Morgan fingerprint density at radius 1 is 1.22 bits per heavy atom. The van der Waals surface area contributed by atoms with E-state index in [1.807, 2.05) is 0 Å². The van der Waals surface area contributed by atoms with E-state index in [-0.39, 0.29) is 24.4 Å². The summed E-state index contributed by atoms with van der Waals surface area (Å²) in [5.74, 6) is 0.860. The second kappa shape index (κ2) is 9.00. The molecule has 1 atom stereocenters. The Bertz CT molecular complexity index is 806. The summed E-state index contributed by atoms with van der Waals surface area (Å²) < 4.78 is 10.6. The van der Waals surface area contributed by atoms with Crippen molar-refractivity contribution in [3.63, 3.8) is 0 Å². The minimum Gasteiger partial charge on any atom is -0.497 e. The number of carbonyl (C=O) groups excluding carboxylic acids is 1. The fourth-order valence-electron chi connectivity index (χ4n) is 2.57. The number of nitro benzene ring substituents is 1. The van der Waals surface area contributed by atoms with Crippen molar-refractivity contribution in [3.05, 3.63) is 63.7 Å². The number of amides is 1. The van der Waals surface area contributed by atoms with Crippen LogP contribution in [0, 0.1) is 17.0 Å². The third-order valence-corrected chi connectivity index (χ3v) is 4.07. The summed E-state index contributed by atoms with van der Waals surface area (Å²) in [4.78, 5) is 24.4. The Hall–Kier alpha value is -3.13. The molecule has 0 saturated heterocycles. The molecule has 1 amide bonds. The van der Waals surface area contributed by atoms with Gasteiger partial charge in [0.15, 0.2) is 0 Å². The molecule has 0 fully saturated rings. The Kier molecular flexibility index (Phi) is 6.73. The molecule has 0 aliphatic rings. The van der Waals surface area contributed by atoms with Crippen molar-refractivity contribution in [1.29, 1.82) is 0 Å². The van der Waals surface area contributed by atoms with Gasteiger partial charge in [0.25, 0.3) is 11.6 Å².